The van der Waals surface area contributed by atoms with E-state index in [0.29, 0.717) is 25.3 Å². The second-order valence-corrected chi connectivity index (χ2v) is 4.86. The highest BCUT2D eigenvalue weighted by molar-refractivity contribution is 5.75. The summed E-state index contributed by atoms with van der Waals surface area (Å²) in [5.74, 6) is -0.0835. The van der Waals surface area contributed by atoms with Gasteiger partial charge in [-0.15, -0.1) is 5.10 Å². The molecule has 0 aliphatic heterocycles. The van der Waals surface area contributed by atoms with Crippen LogP contribution >= 0.6 is 0 Å². The van der Waals surface area contributed by atoms with E-state index in [1.165, 1.54) is 4.68 Å². The lowest BCUT2D eigenvalue weighted by Gasteiger charge is -2.26. The van der Waals surface area contributed by atoms with Crippen LogP contribution in [0.2, 0.25) is 0 Å². The molecule has 1 fully saturated rings. The Labute approximate surface area is 112 Å². The van der Waals surface area contributed by atoms with Crippen LogP contribution in [-0.4, -0.2) is 46.2 Å². The summed E-state index contributed by atoms with van der Waals surface area (Å²) in [5.41, 5.74) is 5.83. The highest BCUT2D eigenvalue weighted by Gasteiger charge is 2.18. The van der Waals surface area contributed by atoms with E-state index < -0.39 is 0 Å². The van der Waals surface area contributed by atoms with Crippen LogP contribution in [0.5, 0.6) is 0 Å². The summed E-state index contributed by atoms with van der Waals surface area (Å²) in [4.78, 5) is 11.5. The highest BCUT2D eigenvalue weighted by Crippen LogP contribution is 2.19. The molecule has 0 bridgehead atoms. The number of nitrogens with zero attached hydrogens (tertiary/aromatic N) is 3. The first-order chi connectivity index (χ1) is 9.24. The van der Waals surface area contributed by atoms with Gasteiger partial charge in [-0.05, 0) is 25.7 Å². The van der Waals surface area contributed by atoms with E-state index >= 15 is 0 Å². The lowest BCUT2D eigenvalue weighted by Crippen LogP contribution is -2.34. The predicted octanol–water partition coefficient (Wildman–Crippen LogP) is -0.319. The molecule has 0 aromatic carbocycles. The zero-order valence-electron chi connectivity index (χ0n) is 11.0. The highest BCUT2D eigenvalue weighted by atomic mass is 16.5. The van der Waals surface area contributed by atoms with Crippen LogP contribution in [0.4, 0.5) is 0 Å². The summed E-state index contributed by atoms with van der Waals surface area (Å²) in [6.07, 6.45) is 7.60. The molecule has 3 N–H and O–H groups in total. The van der Waals surface area contributed by atoms with Gasteiger partial charge in [-0.2, -0.15) is 0 Å². The SMILES string of the molecule is NC1CCC(OCCNC(=O)Cn2ccnn2)CC1. The quantitative estimate of drug-likeness (QED) is 0.689. The van der Waals surface area contributed by atoms with Crippen LogP contribution in [-0.2, 0) is 16.1 Å². The zero-order valence-corrected chi connectivity index (χ0v) is 11.0. The minimum atomic E-state index is -0.0835. The monoisotopic (exact) mass is 267 g/mol. The van der Waals surface area contributed by atoms with Crippen LogP contribution in [0.3, 0.4) is 0 Å². The summed E-state index contributed by atoms with van der Waals surface area (Å²) in [6.45, 7) is 1.26. The number of hydrogen-bond acceptors (Lipinski definition) is 5. The van der Waals surface area contributed by atoms with Crippen molar-refractivity contribution in [3.63, 3.8) is 0 Å². The maximum Gasteiger partial charge on any atom is 0.241 e. The average Bonchev–Trinajstić information content (AvgIpc) is 2.89. The second kappa shape index (κ2) is 7.20. The number of ether oxygens (including phenoxy) is 1. The Balaban J connectivity index is 1.53. The van der Waals surface area contributed by atoms with Gasteiger partial charge in [-0.3, -0.25) is 4.79 Å². The molecule has 1 aliphatic rings. The molecule has 0 unspecified atom stereocenters. The zero-order chi connectivity index (χ0) is 13.5. The molecule has 19 heavy (non-hydrogen) atoms. The predicted molar refractivity (Wildman–Crippen MR) is 69.2 cm³/mol. The van der Waals surface area contributed by atoms with Crippen LogP contribution in [0.1, 0.15) is 25.7 Å². The van der Waals surface area contributed by atoms with E-state index in [4.69, 9.17) is 10.5 Å². The van der Waals surface area contributed by atoms with Gasteiger partial charge in [0.25, 0.3) is 0 Å². The average molecular weight is 267 g/mol. The van der Waals surface area contributed by atoms with Crippen molar-refractivity contribution in [2.75, 3.05) is 13.2 Å². The van der Waals surface area contributed by atoms with Crippen molar-refractivity contribution >= 4 is 5.91 Å². The number of amides is 1. The van der Waals surface area contributed by atoms with Crippen LogP contribution < -0.4 is 11.1 Å². The number of aromatic nitrogens is 3. The molecule has 106 valence electrons. The Morgan fingerprint density at radius 2 is 2.21 bits per heavy atom. The molecule has 1 aromatic heterocycles. The molecule has 1 amide bonds. The van der Waals surface area contributed by atoms with Crippen molar-refractivity contribution in [2.24, 2.45) is 5.73 Å². The van der Waals surface area contributed by atoms with E-state index in [2.05, 4.69) is 15.6 Å². The summed E-state index contributed by atoms with van der Waals surface area (Å²) in [6, 6.07) is 0.335. The van der Waals surface area contributed by atoms with Crippen LogP contribution in [0.25, 0.3) is 0 Å². The normalized spacial score (nSPS) is 23.2. The van der Waals surface area contributed by atoms with Gasteiger partial charge >= 0.3 is 0 Å². The smallest absolute Gasteiger partial charge is 0.241 e. The van der Waals surface area contributed by atoms with Gasteiger partial charge in [0.05, 0.1) is 18.9 Å². The molecule has 1 saturated carbocycles. The lowest BCUT2D eigenvalue weighted by atomic mass is 9.94. The van der Waals surface area contributed by atoms with E-state index in [-0.39, 0.29) is 12.5 Å². The van der Waals surface area contributed by atoms with Crippen molar-refractivity contribution in [3.05, 3.63) is 12.4 Å². The third-order valence-electron chi connectivity index (χ3n) is 3.27. The number of hydrogen-bond donors (Lipinski definition) is 2. The van der Waals surface area contributed by atoms with Crippen molar-refractivity contribution in [1.82, 2.24) is 20.3 Å². The maximum absolute atomic E-state index is 11.5. The minimum absolute atomic E-state index is 0.0835. The summed E-state index contributed by atoms with van der Waals surface area (Å²) >= 11 is 0. The van der Waals surface area contributed by atoms with Gasteiger partial charge in [0.2, 0.25) is 5.91 Å². The summed E-state index contributed by atoms with van der Waals surface area (Å²) in [7, 11) is 0. The Kier molecular flexibility index (Phi) is 5.29. The van der Waals surface area contributed by atoms with Gasteiger partial charge in [-0.25, -0.2) is 4.68 Å². The van der Waals surface area contributed by atoms with Gasteiger partial charge in [0.1, 0.15) is 6.54 Å². The number of carbonyl (C=O) groups excluding carboxylic acids is 1. The molecule has 2 rings (SSSR count). The fourth-order valence-corrected chi connectivity index (χ4v) is 2.19. The maximum atomic E-state index is 11.5. The van der Waals surface area contributed by atoms with Gasteiger partial charge in [0.15, 0.2) is 0 Å². The van der Waals surface area contributed by atoms with Crippen molar-refractivity contribution in [2.45, 2.75) is 44.4 Å². The molecule has 0 atom stereocenters. The Bertz CT molecular complexity index is 373. The Morgan fingerprint density at radius 3 is 2.89 bits per heavy atom. The number of rotatable bonds is 6. The van der Waals surface area contributed by atoms with Gasteiger partial charge in [-0.1, -0.05) is 5.21 Å². The Morgan fingerprint density at radius 1 is 1.42 bits per heavy atom. The molecular formula is C12H21N5O2. The van der Waals surface area contributed by atoms with E-state index in [1.54, 1.807) is 12.4 Å². The standard InChI is InChI=1S/C12H21N5O2/c13-10-1-3-11(4-2-10)19-8-6-14-12(18)9-17-7-5-15-16-17/h5,7,10-11H,1-4,6,8-9,13H2,(H,14,18). The Hall–Kier alpha value is -1.47. The topological polar surface area (TPSA) is 95.1 Å². The second-order valence-electron chi connectivity index (χ2n) is 4.86. The fourth-order valence-electron chi connectivity index (χ4n) is 2.19. The van der Waals surface area contributed by atoms with Crippen molar-refractivity contribution in [3.8, 4) is 0 Å². The minimum Gasteiger partial charge on any atom is -0.376 e. The van der Waals surface area contributed by atoms with Crippen LogP contribution in [0, 0.1) is 0 Å². The van der Waals surface area contributed by atoms with Gasteiger partial charge < -0.3 is 15.8 Å². The first-order valence-corrected chi connectivity index (χ1v) is 6.72. The van der Waals surface area contributed by atoms with E-state index in [1.807, 2.05) is 0 Å². The molecule has 0 saturated heterocycles. The molecule has 0 radical (unpaired) electrons. The molecule has 1 aliphatic carbocycles. The third kappa shape index (κ3) is 4.96. The first kappa shape index (κ1) is 14.0. The fraction of sp³-hybridized carbons (Fsp3) is 0.750. The summed E-state index contributed by atoms with van der Waals surface area (Å²) in [5, 5.41) is 10.2. The molecule has 7 heteroatoms. The number of nitrogens with two attached hydrogens (primary N) is 1. The molecule has 7 nitrogen and oxygen atoms in total. The molecular weight excluding hydrogens is 246 g/mol. The van der Waals surface area contributed by atoms with E-state index in [0.717, 1.165) is 25.7 Å². The van der Waals surface area contributed by atoms with E-state index in [9.17, 15) is 4.79 Å². The number of carbonyl (C=O) groups is 1. The van der Waals surface area contributed by atoms with Crippen LogP contribution in [0.15, 0.2) is 12.4 Å². The first-order valence-electron chi connectivity index (χ1n) is 6.72. The number of nitrogens with one attached hydrogen (secondary N) is 1. The van der Waals surface area contributed by atoms with Crippen molar-refractivity contribution in [1.29, 1.82) is 0 Å². The largest absolute Gasteiger partial charge is 0.376 e. The van der Waals surface area contributed by atoms with Crippen molar-refractivity contribution < 1.29 is 9.53 Å². The third-order valence-corrected chi connectivity index (χ3v) is 3.27. The molecule has 1 heterocycles. The lowest BCUT2D eigenvalue weighted by molar-refractivity contribution is -0.122. The molecule has 0 spiro atoms. The molecule has 1 aromatic rings. The summed E-state index contributed by atoms with van der Waals surface area (Å²) < 4.78 is 7.20. The van der Waals surface area contributed by atoms with Gasteiger partial charge in [0, 0.05) is 18.8 Å².